The van der Waals surface area contributed by atoms with Crippen LogP contribution in [0.25, 0.3) is 0 Å². The lowest BCUT2D eigenvalue weighted by atomic mass is 10.1. The Morgan fingerprint density at radius 1 is 1.35 bits per heavy atom. The summed E-state index contributed by atoms with van der Waals surface area (Å²) in [5.41, 5.74) is 0.393. The van der Waals surface area contributed by atoms with Gasteiger partial charge in [-0.25, -0.2) is 0 Å². The van der Waals surface area contributed by atoms with Crippen LogP contribution in [0.4, 0.5) is 0 Å². The van der Waals surface area contributed by atoms with Crippen molar-refractivity contribution in [3.63, 3.8) is 0 Å². The van der Waals surface area contributed by atoms with E-state index in [1.807, 2.05) is 0 Å². The van der Waals surface area contributed by atoms with Crippen molar-refractivity contribution >= 4 is 23.3 Å². The molecular weight excluding hydrogens is 282 g/mol. The Labute approximate surface area is 123 Å². The number of ether oxygens (including phenoxy) is 2. The maximum atomic E-state index is 11.8. The molecule has 0 saturated carbocycles. The molecule has 0 fully saturated rings. The molecule has 0 spiro atoms. The van der Waals surface area contributed by atoms with E-state index in [9.17, 15) is 9.59 Å². The highest BCUT2D eigenvalue weighted by atomic mass is 35.5. The molecule has 0 aromatic heterocycles. The van der Waals surface area contributed by atoms with Gasteiger partial charge in [-0.3, -0.25) is 9.59 Å². The Hall–Kier alpha value is -1.59. The molecule has 1 aromatic carbocycles. The van der Waals surface area contributed by atoms with Crippen molar-refractivity contribution in [2.75, 3.05) is 26.9 Å². The molecule has 0 atom stereocenters. The van der Waals surface area contributed by atoms with Gasteiger partial charge in [0.25, 0.3) is 5.91 Å². The zero-order chi connectivity index (χ0) is 15.0. The number of methoxy groups -OCH3 is 1. The highest BCUT2D eigenvalue weighted by molar-refractivity contribution is 6.31. The molecule has 1 amide bonds. The second-order valence-corrected chi connectivity index (χ2v) is 4.49. The number of hydrogen-bond donors (Lipinski definition) is 1. The minimum atomic E-state index is -0.271. The smallest absolute Gasteiger partial charge is 0.258 e. The number of nitrogens with one attached hydrogen (secondary N) is 1. The van der Waals surface area contributed by atoms with E-state index in [1.165, 1.54) is 0 Å². The van der Waals surface area contributed by atoms with Crippen LogP contribution in [-0.2, 0) is 9.53 Å². The maximum Gasteiger partial charge on any atom is 0.258 e. The van der Waals surface area contributed by atoms with Crippen LogP contribution in [0.1, 0.15) is 23.7 Å². The predicted octanol–water partition coefficient (Wildman–Crippen LogP) is 2.07. The van der Waals surface area contributed by atoms with Crippen LogP contribution in [0, 0.1) is 0 Å². The van der Waals surface area contributed by atoms with E-state index in [1.54, 1.807) is 32.2 Å². The minimum absolute atomic E-state index is 0.0812. The van der Waals surface area contributed by atoms with E-state index in [0.29, 0.717) is 35.9 Å². The number of amides is 1. The Morgan fingerprint density at radius 3 is 2.75 bits per heavy atom. The fourth-order valence-corrected chi connectivity index (χ4v) is 1.70. The summed E-state index contributed by atoms with van der Waals surface area (Å²) in [6, 6.07) is 4.76. The Morgan fingerprint density at radius 2 is 2.10 bits per heavy atom. The third kappa shape index (κ3) is 5.19. The summed E-state index contributed by atoms with van der Waals surface area (Å²) in [4.78, 5) is 23.3. The summed E-state index contributed by atoms with van der Waals surface area (Å²) in [6.45, 7) is 2.45. The maximum absolute atomic E-state index is 11.8. The molecule has 6 heteroatoms. The van der Waals surface area contributed by atoms with Crippen molar-refractivity contribution in [2.45, 2.75) is 13.3 Å². The first-order valence-corrected chi connectivity index (χ1v) is 6.67. The van der Waals surface area contributed by atoms with Crippen LogP contribution < -0.4 is 10.1 Å². The molecule has 0 heterocycles. The largest absolute Gasteiger partial charge is 0.483 e. The summed E-state index contributed by atoms with van der Waals surface area (Å²) >= 11 is 5.86. The van der Waals surface area contributed by atoms with Crippen LogP contribution >= 0.6 is 11.6 Å². The van der Waals surface area contributed by atoms with Crippen molar-refractivity contribution in [3.8, 4) is 5.75 Å². The summed E-state index contributed by atoms with van der Waals surface area (Å²) in [5.74, 6) is 0.0114. The number of halogens is 1. The summed E-state index contributed by atoms with van der Waals surface area (Å²) < 4.78 is 10.2. The van der Waals surface area contributed by atoms with Crippen LogP contribution in [-0.4, -0.2) is 38.6 Å². The van der Waals surface area contributed by atoms with Gasteiger partial charge in [0.1, 0.15) is 5.75 Å². The van der Waals surface area contributed by atoms with Gasteiger partial charge in [-0.1, -0.05) is 18.5 Å². The van der Waals surface area contributed by atoms with Gasteiger partial charge in [0.2, 0.25) is 0 Å². The molecule has 0 unspecified atom stereocenters. The first kappa shape index (κ1) is 16.5. The second kappa shape index (κ2) is 8.55. The van der Waals surface area contributed by atoms with Crippen molar-refractivity contribution in [2.24, 2.45) is 0 Å². The molecule has 1 aromatic rings. The van der Waals surface area contributed by atoms with Gasteiger partial charge in [-0.05, 0) is 18.2 Å². The van der Waals surface area contributed by atoms with E-state index in [0.717, 1.165) is 0 Å². The van der Waals surface area contributed by atoms with Gasteiger partial charge in [0.05, 0.1) is 12.2 Å². The highest BCUT2D eigenvalue weighted by Crippen LogP contribution is 2.24. The number of benzene rings is 1. The molecular formula is C14H18ClNO4. The van der Waals surface area contributed by atoms with Gasteiger partial charge in [-0.15, -0.1) is 0 Å². The molecule has 110 valence electrons. The number of rotatable bonds is 8. The van der Waals surface area contributed by atoms with Crippen LogP contribution in [0.3, 0.4) is 0 Å². The van der Waals surface area contributed by atoms with Gasteiger partial charge in [0, 0.05) is 25.1 Å². The fraction of sp³-hybridized carbons (Fsp3) is 0.429. The number of carbonyl (C=O) groups excluding carboxylic acids is 2. The Bertz CT molecular complexity index is 476. The topological polar surface area (TPSA) is 64.6 Å². The zero-order valence-electron chi connectivity index (χ0n) is 11.6. The molecule has 0 saturated heterocycles. The van der Waals surface area contributed by atoms with E-state index in [2.05, 4.69) is 5.32 Å². The Balaban J connectivity index is 2.63. The van der Waals surface area contributed by atoms with Crippen LogP contribution in [0.15, 0.2) is 18.2 Å². The van der Waals surface area contributed by atoms with Gasteiger partial charge in [-0.2, -0.15) is 0 Å². The van der Waals surface area contributed by atoms with E-state index < -0.39 is 0 Å². The third-order valence-electron chi connectivity index (χ3n) is 2.55. The number of Topliss-reactive ketones (excluding diaryl/α,β-unsaturated/α-hetero) is 1. The predicted molar refractivity (Wildman–Crippen MR) is 76.5 cm³/mol. The van der Waals surface area contributed by atoms with E-state index >= 15 is 0 Å². The van der Waals surface area contributed by atoms with Crippen molar-refractivity contribution in [1.82, 2.24) is 5.32 Å². The normalized spacial score (nSPS) is 10.2. The first-order chi connectivity index (χ1) is 9.58. The van der Waals surface area contributed by atoms with E-state index in [4.69, 9.17) is 21.1 Å². The third-order valence-corrected chi connectivity index (χ3v) is 2.79. The number of hydrogen-bond acceptors (Lipinski definition) is 4. The fourth-order valence-electron chi connectivity index (χ4n) is 1.52. The monoisotopic (exact) mass is 299 g/mol. The van der Waals surface area contributed by atoms with Crippen molar-refractivity contribution in [1.29, 1.82) is 0 Å². The first-order valence-electron chi connectivity index (χ1n) is 6.29. The van der Waals surface area contributed by atoms with Crippen molar-refractivity contribution < 1.29 is 19.1 Å². The molecule has 0 aliphatic rings. The van der Waals surface area contributed by atoms with Crippen molar-refractivity contribution in [3.05, 3.63) is 28.8 Å². The highest BCUT2D eigenvalue weighted by Gasteiger charge is 2.13. The molecule has 0 aliphatic heterocycles. The molecule has 20 heavy (non-hydrogen) atoms. The molecule has 0 radical (unpaired) electrons. The average molecular weight is 300 g/mol. The summed E-state index contributed by atoms with van der Waals surface area (Å²) in [5, 5.41) is 3.09. The number of ketones is 1. The molecule has 5 nitrogen and oxygen atoms in total. The average Bonchev–Trinajstić information content (AvgIpc) is 2.45. The molecule has 0 bridgehead atoms. The number of carbonyl (C=O) groups is 2. The quantitative estimate of drug-likeness (QED) is 0.589. The SMILES string of the molecule is CCC(=O)c1cc(Cl)ccc1OCC(=O)NCCOC. The lowest BCUT2D eigenvalue weighted by Crippen LogP contribution is -2.31. The molecule has 1 rings (SSSR count). The second-order valence-electron chi connectivity index (χ2n) is 4.05. The van der Waals surface area contributed by atoms with Gasteiger partial charge in [0.15, 0.2) is 12.4 Å². The van der Waals surface area contributed by atoms with Crippen LogP contribution in [0.2, 0.25) is 5.02 Å². The summed E-state index contributed by atoms with van der Waals surface area (Å²) in [7, 11) is 1.55. The molecule has 0 aliphatic carbocycles. The standard InChI is InChI=1S/C14H18ClNO4/c1-3-12(17)11-8-10(15)4-5-13(11)20-9-14(18)16-6-7-19-2/h4-5,8H,3,6-7,9H2,1-2H3,(H,16,18). The molecule has 1 N–H and O–H groups in total. The Kier molecular flexibility index (Phi) is 7.04. The lowest BCUT2D eigenvalue weighted by molar-refractivity contribution is -0.123. The van der Waals surface area contributed by atoms with Gasteiger partial charge >= 0.3 is 0 Å². The summed E-state index contributed by atoms with van der Waals surface area (Å²) in [6.07, 6.45) is 0.344. The zero-order valence-corrected chi connectivity index (χ0v) is 12.3. The van der Waals surface area contributed by atoms with Crippen LogP contribution in [0.5, 0.6) is 5.75 Å². The van der Waals surface area contributed by atoms with E-state index in [-0.39, 0.29) is 18.3 Å². The lowest BCUT2D eigenvalue weighted by Gasteiger charge is -2.11. The minimum Gasteiger partial charge on any atom is -0.483 e. The van der Waals surface area contributed by atoms with Gasteiger partial charge < -0.3 is 14.8 Å².